The van der Waals surface area contributed by atoms with Crippen LogP contribution in [0.1, 0.15) is 6.42 Å². The van der Waals surface area contributed by atoms with E-state index in [1.54, 1.807) is 17.0 Å². The van der Waals surface area contributed by atoms with E-state index in [1.807, 2.05) is 0 Å². The Morgan fingerprint density at radius 1 is 1.40 bits per heavy atom. The number of carbonyl (C=O) groups is 1. The molecule has 0 saturated heterocycles. The van der Waals surface area contributed by atoms with Crippen LogP contribution in [-0.2, 0) is 14.3 Å². The number of nitrogens with one attached hydrogen (secondary N) is 1. The van der Waals surface area contributed by atoms with E-state index in [2.05, 4.69) is 19.1 Å². The van der Waals surface area contributed by atoms with Crippen molar-refractivity contribution in [3.63, 3.8) is 0 Å². The van der Waals surface area contributed by atoms with Gasteiger partial charge in [-0.05, 0) is 12.1 Å². The van der Waals surface area contributed by atoms with Gasteiger partial charge in [0.2, 0.25) is 5.76 Å². The molecule has 0 aliphatic carbocycles. The van der Waals surface area contributed by atoms with Gasteiger partial charge in [-0.2, -0.15) is 0 Å². The minimum absolute atomic E-state index is 0.156. The van der Waals surface area contributed by atoms with Crippen molar-refractivity contribution in [2.45, 2.75) is 6.42 Å². The molecule has 0 atom stereocenters. The molecule has 0 unspecified atom stereocenters. The number of ether oxygens (including phenoxy) is 2. The van der Waals surface area contributed by atoms with Gasteiger partial charge < -0.3 is 14.4 Å². The number of aromatic nitrogens is 1. The maximum absolute atomic E-state index is 14.0. The molecule has 0 fully saturated rings. The van der Waals surface area contributed by atoms with Crippen molar-refractivity contribution in [1.82, 2.24) is 4.98 Å². The summed E-state index contributed by atoms with van der Waals surface area (Å²) in [7, 11) is 4.11. The molecule has 1 aromatic carbocycles. The normalized spacial score (nSPS) is 14.2. The van der Waals surface area contributed by atoms with Gasteiger partial charge in [0.05, 0.1) is 25.3 Å². The molecular formula is C17H21FN3O3S+. The van der Waals surface area contributed by atoms with Crippen LogP contribution in [0.3, 0.4) is 0 Å². The van der Waals surface area contributed by atoms with Gasteiger partial charge >= 0.3 is 0 Å². The number of rotatable bonds is 6. The summed E-state index contributed by atoms with van der Waals surface area (Å²) in [5.41, 5.74) is 0.285. The van der Waals surface area contributed by atoms with Crippen molar-refractivity contribution in [3.05, 3.63) is 36.0 Å². The van der Waals surface area contributed by atoms with Gasteiger partial charge in [-0.1, -0.05) is 17.4 Å². The average molecular weight is 366 g/mol. The molecule has 2 heterocycles. The average Bonchev–Trinajstić information content (AvgIpc) is 3.04. The molecule has 1 aromatic heterocycles. The predicted molar refractivity (Wildman–Crippen MR) is 94.2 cm³/mol. The lowest BCUT2D eigenvalue weighted by atomic mass is 10.3. The number of quaternary nitrogens is 1. The van der Waals surface area contributed by atoms with Gasteiger partial charge in [-0.15, -0.1) is 0 Å². The summed E-state index contributed by atoms with van der Waals surface area (Å²) in [5.74, 6) is -0.544. The summed E-state index contributed by atoms with van der Waals surface area (Å²) in [6.07, 6.45) is 2.13. The highest BCUT2D eigenvalue weighted by Gasteiger charge is 2.26. The van der Waals surface area contributed by atoms with Crippen LogP contribution in [0.5, 0.6) is 0 Å². The Kier molecular flexibility index (Phi) is 5.50. The van der Waals surface area contributed by atoms with Crippen LogP contribution in [0.15, 0.2) is 30.2 Å². The standard InChI is InChI=1S/C17H20FN3O3S/c1-20(2)7-4-8-21(16(22)13-11-23-9-10-24-13)17-19-15-12(18)5-3-6-14(15)25-17/h3,5-6,11H,4,7-10H2,1-2H3/p+1. The van der Waals surface area contributed by atoms with Crippen molar-refractivity contribution in [3.8, 4) is 0 Å². The molecule has 1 amide bonds. The fourth-order valence-corrected chi connectivity index (χ4v) is 3.51. The molecule has 1 aliphatic heterocycles. The van der Waals surface area contributed by atoms with E-state index in [1.165, 1.54) is 28.6 Å². The van der Waals surface area contributed by atoms with E-state index in [-0.39, 0.29) is 23.0 Å². The quantitative estimate of drug-likeness (QED) is 0.835. The third kappa shape index (κ3) is 4.08. The van der Waals surface area contributed by atoms with E-state index < -0.39 is 0 Å². The van der Waals surface area contributed by atoms with Crippen LogP contribution >= 0.6 is 11.3 Å². The van der Waals surface area contributed by atoms with Gasteiger partial charge in [-0.3, -0.25) is 9.69 Å². The second kappa shape index (κ2) is 7.79. The molecule has 0 saturated carbocycles. The van der Waals surface area contributed by atoms with Gasteiger partial charge in [0.15, 0.2) is 5.13 Å². The maximum Gasteiger partial charge on any atom is 0.298 e. The largest absolute Gasteiger partial charge is 0.494 e. The topological polar surface area (TPSA) is 56.1 Å². The number of nitrogens with zero attached hydrogens (tertiary/aromatic N) is 2. The van der Waals surface area contributed by atoms with Crippen LogP contribution in [0.2, 0.25) is 0 Å². The van der Waals surface area contributed by atoms with E-state index in [9.17, 15) is 9.18 Å². The Morgan fingerprint density at radius 3 is 2.92 bits per heavy atom. The molecule has 3 rings (SSSR count). The van der Waals surface area contributed by atoms with E-state index >= 15 is 0 Å². The fraction of sp³-hybridized carbons (Fsp3) is 0.412. The van der Waals surface area contributed by atoms with Gasteiger partial charge in [-0.25, -0.2) is 9.37 Å². The number of amides is 1. The number of thiazole rings is 1. The first-order chi connectivity index (χ1) is 12.1. The smallest absolute Gasteiger partial charge is 0.298 e. The summed E-state index contributed by atoms with van der Waals surface area (Å²) in [4.78, 5) is 20.0. The van der Waals surface area contributed by atoms with Crippen LogP contribution in [-0.4, -0.2) is 51.3 Å². The molecule has 0 spiro atoms. The molecule has 1 aliphatic rings. The third-order valence-corrected chi connectivity index (χ3v) is 4.80. The van der Waals surface area contributed by atoms with Crippen molar-refractivity contribution < 1.29 is 23.6 Å². The first-order valence-corrected chi connectivity index (χ1v) is 8.98. The minimum Gasteiger partial charge on any atom is -0.494 e. The van der Waals surface area contributed by atoms with Crippen LogP contribution in [0.25, 0.3) is 10.2 Å². The molecule has 134 valence electrons. The Balaban J connectivity index is 1.89. The zero-order valence-corrected chi connectivity index (χ0v) is 15.1. The zero-order valence-electron chi connectivity index (χ0n) is 14.3. The van der Waals surface area contributed by atoms with Crippen molar-refractivity contribution in [2.75, 3.05) is 45.3 Å². The summed E-state index contributed by atoms with van der Waals surface area (Å²) >= 11 is 1.29. The summed E-state index contributed by atoms with van der Waals surface area (Å²) < 4.78 is 25.3. The molecule has 0 bridgehead atoms. The number of fused-ring (bicyclic) bond motifs is 1. The van der Waals surface area contributed by atoms with Crippen LogP contribution < -0.4 is 9.80 Å². The lowest BCUT2D eigenvalue weighted by molar-refractivity contribution is -0.858. The molecule has 8 heteroatoms. The summed E-state index contributed by atoms with van der Waals surface area (Å²) in [6.45, 7) is 2.14. The summed E-state index contributed by atoms with van der Waals surface area (Å²) in [5, 5.41) is 0.467. The SMILES string of the molecule is C[NH+](C)CCCN(C(=O)C1=COCCO1)c1nc2c(F)cccc2s1. The van der Waals surface area contributed by atoms with Crippen molar-refractivity contribution >= 4 is 32.6 Å². The maximum atomic E-state index is 14.0. The van der Waals surface area contributed by atoms with Crippen LogP contribution in [0.4, 0.5) is 9.52 Å². The van der Waals surface area contributed by atoms with Crippen molar-refractivity contribution in [2.24, 2.45) is 0 Å². The number of hydrogen-bond acceptors (Lipinski definition) is 5. The van der Waals surface area contributed by atoms with Crippen molar-refractivity contribution in [1.29, 1.82) is 0 Å². The second-order valence-corrected chi connectivity index (χ2v) is 7.06. The third-order valence-electron chi connectivity index (χ3n) is 3.75. The molecular weight excluding hydrogens is 345 g/mol. The molecule has 1 N–H and O–H groups in total. The Bertz CT molecular complexity index is 791. The van der Waals surface area contributed by atoms with Crippen LogP contribution in [0, 0.1) is 5.82 Å². The molecule has 0 radical (unpaired) electrons. The highest BCUT2D eigenvalue weighted by atomic mass is 32.1. The first-order valence-electron chi connectivity index (χ1n) is 8.17. The van der Waals surface area contributed by atoms with E-state index in [0.29, 0.717) is 29.6 Å². The second-order valence-electron chi connectivity index (χ2n) is 6.05. The highest BCUT2D eigenvalue weighted by molar-refractivity contribution is 7.22. The number of hydrogen-bond donors (Lipinski definition) is 1. The number of para-hydroxylation sites is 1. The lowest BCUT2D eigenvalue weighted by Crippen LogP contribution is -3.05. The minimum atomic E-state index is -0.387. The van der Waals surface area contributed by atoms with E-state index in [4.69, 9.17) is 9.47 Å². The molecule has 25 heavy (non-hydrogen) atoms. The van der Waals surface area contributed by atoms with Gasteiger partial charge in [0, 0.05) is 13.0 Å². The van der Waals surface area contributed by atoms with E-state index in [0.717, 1.165) is 13.0 Å². The van der Waals surface area contributed by atoms with Gasteiger partial charge in [0.1, 0.15) is 30.8 Å². The fourth-order valence-electron chi connectivity index (χ4n) is 2.51. The lowest BCUT2D eigenvalue weighted by Gasteiger charge is -2.23. The number of halogens is 1. The highest BCUT2D eigenvalue weighted by Crippen LogP contribution is 2.31. The predicted octanol–water partition coefficient (Wildman–Crippen LogP) is 1.19. The Morgan fingerprint density at radius 2 is 2.24 bits per heavy atom. The molecule has 2 aromatic rings. The summed E-state index contributed by atoms with van der Waals surface area (Å²) in [6, 6.07) is 4.81. The Labute approximate surface area is 149 Å². The first kappa shape index (κ1) is 17.6. The number of benzene rings is 1. The number of carbonyl (C=O) groups excluding carboxylic acids is 1. The molecule has 6 nitrogen and oxygen atoms in total. The van der Waals surface area contributed by atoms with Gasteiger partial charge in [0.25, 0.3) is 5.91 Å². The number of anilines is 1. The monoisotopic (exact) mass is 366 g/mol. The Hall–Kier alpha value is -2.19. The zero-order chi connectivity index (χ0) is 17.8.